The lowest BCUT2D eigenvalue weighted by atomic mass is 10.1. The topological polar surface area (TPSA) is 26.0 Å². The van der Waals surface area contributed by atoms with Gasteiger partial charge in [0, 0.05) is 11.6 Å². The molecule has 0 saturated heterocycles. The van der Waals surface area contributed by atoms with Gasteiger partial charge in [0.05, 0.1) is 10.9 Å². The lowest BCUT2D eigenvalue weighted by Crippen LogP contribution is -1.81. The van der Waals surface area contributed by atoms with Crippen molar-refractivity contribution in [3.63, 3.8) is 0 Å². The van der Waals surface area contributed by atoms with Crippen LogP contribution in [0.25, 0.3) is 11.3 Å². The second kappa shape index (κ2) is 4.21. The van der Waals surface area contributed by atoms with E-state index >= 15 is 0 Å². The summed E-state index contributed by atoms with van der Waals surface area (Å²) in [7, 11) is 0. The monoisotopic (exact) mass is 245 g/mol. The van der Waals surface area contributed by atoms with Crippen LogP contribution in [0.2, 0.25) is 5.02 Å². The number of nitrogens with zero attached hydrogens (tertiary/aromatic N) is 1. The maximum Gasteiger partial charge on any atom is 0.152 e. The van der Waals surface area contributed by atoms with Gasteiger partial charge in [0.2, 0.25) is 0 Å². The third-order valence-corrected chi connectivity index (χ3v) is 2.48. The molecule has 15 heavy (non-hydrogen) atoms. The smallest absolute Gasteiger partial charge is 0.152 e. The zero-order valence-corrected chi connectivity index (χ0v) is 9.02. The van der Waals surface area contributed by atoms with E-state index in [0.717, 1.165) is 0 Å². The Labute approximate surface area is 95.6 Å². The van der Waals surface area contributed by atoms with E-state index in [1.807, 2.05) is 0 Å². The average Bonchev–Trinajstić information content (AvgIpc) is 2.70. The zero-order chi connectivity index (χ0) is 10.8. The number of hydrogen-bond acceptors (Lipinski definition) is 2. The van der Waals surface area contributed by atoms with Crippen LogP contribution in [0.15, 0.2) is 28.8 Å². The van der Waals surface area contributed by atoms with E-state index in [1.165, 1.54) is 12.1 Å². The quantitative estimate of drug-likeness (QED) is 0.751. The second-order valence-corrected chi connectivity index (χ2v) is 3.62. The van der Waals surface area contributed by atoms with Crippen LogP contribution in [0.5, 0.6) is 0 Å². The highest BCUT2D eigenvalue weighted by Crippen LogP contribution is 2.24. The van der Waals surface area contributed by atoms with Crippen LogP contribution in [-0.2, 0) is 5.88 Å². The lowest BCUT2D eigenvalue weighted by Gasteiger charge is -1.96. The molecule has 5 heteroatoms. The van der Waals surface area contributed by atoms with E-state index in [1.54, 1.807) is 12.1 Å². The number of hydrogen-bond donors (Lipinski definition) is 0. The van der Waals surface area contributed by atoms with Crippen LogP contribution in [0.3, 0.4) is 0 Å². The van der Waals surface area contributed by atoms with Crippen LogP contribution in [0.1, 0.15) is 5.76 Å². The standard InChI is InChI=1S/C10H6Cl2FNO/c11-5-7-4-10(14-15-7)6-1-2-8(12)9(13)3-6/h1-4H,5H2. The Kier molecular flexibility index (Phi) is 2.93. The first-order valence-electron chi connectivity index (χ1n) is 4.17. The summed E-state index contributed by atoms with van der Waals surface area (Å²) in [6.45, 7) is 0. The summed E-state index contributed by atoms with van der Waals surface area (Å²) < 4.78 is 18.0. The molecule has 1 aromatic heterocycles. The van der Waals surface area contributed by atoms with E-state index in [9.17, 15) is 4.39 Å². The summed E-state index contributed by atoms with van der Waals surface area (Å²) in [6.07, 6.45) is 0. The largest absolute Gasteiger partial charge is 0.359 e. The molecule has 78 valence electrons. The minimum Gasteiger partial charge on any atom is -0.359 e. The predicted octanol–water partition coefficient (Wildman–Crippen LogP) is 3.87. The molecule has 0 fully saturated rings. The molecular weight excluding hydrogens is 240 g/mol. The molecule has 0 unspecified atom stereocenters. The van der Waals surface area contributed by atoms with Gasteiger partial charge < -0.3 is 4.52 Å². The van der Waals surface area contributed by atoms with Crippen molar-refractivity contribution >= 4 is 23.2 Å². The molecule has 0 aliphatic heterocycles. The number of aromatic nitrogens is 1. The van der Waals surface area contributed by atoms with E-state index in [4.69, 9.17) is 27.7 Å². The summed E-state index contributed by atoms with van der Waals surface area (Å²) in [5.74, 6) is 0.301. The lowest BCUT2D eigenvalue weighted by molar-refractivity contribution is 0.396. The number of alkyl halides is 1. The fraction of sp³-hybridized carbons (Fsp3) is 0.100. The molecular formula is C10H6Cl2FNO. The molecule has 1 heterocycles. The average molecular weight is 246 g/mol. The summed E-state index contributed by atoms with van der Waals surface area (Å²) in [5, 5.41) is 3.84. The SMILES string of the molecule is Fc1cc(-c2cc(CCl)on2)ccc1Cl. The minimum absolute atomic E-state index is 0.0832. The van der Waals surface area contributed by atoms with E-state index in [2.05, 4.69) is 5.16 Å². The van der Waals surface area contributed by atoms with E-state index in [0.29, 0.717) is 17.0 Å². The Balaban J connectivity index is 2.40. The maximum absolute atomic E-state index is 13.1. The van der Waals surface area contributed by atoms with Gasteiger partial charge in [-0.3, -0.25) is 0 Å². The van der Waals surface area contributed by atoms with E-state index < -0.39 is 5.82 Å². The molecule has 0 aliphatic carbocycles. The van der Waals surface area contributed by atoms with Gasteiger partial charge in [0.25, 0.3) is 0 Å². The first kappa shape index (κ1) is 10.5. The van der Waals surface area contributed by atoms with Gasteiger partial charge in [-0.05, 0) is 12.1 Å². The molecule has 0 N–H and O–H groups in total. The molecule has 0 atom stereocenters. The van der Waals surface area contributed by atoms with E-state index in [-0.39, 0.29) is 10.9 Å². The maximum atomic E-state index is 13.1. The third-order valence-electron chi connectivity index (χ3n) is 1.91. The molecule has 0 saturated carbocycles. The Morgan fingerprint density at radius 1 is 1.33 bits per heavy atom. The minimum atomic E-state index is -0.482. The fourth-order valence-electron chi connectivity index (χ4n) is 1.17. The van der Waals surface area contributed by atoms with Crippen LogP contribution < -0.4 is 0 Å². The summed E-state index contributed by atoms with van der Waals surface area (Å²) >= 11 is 11.1. The van der Waals surface area contributed by atoms with Crippen molar-refractivity contribution in [3.05, 3.63) is 40.9 Å². The highest BCUT2D eigenvalue weighted by molar-refractivity contribution is 6.30. The number of halogens is 3. The summed E-state index contributed by atoms with van der Waals surface area (Å²) in [4.78, 5) is 0. The van der Waals surface area contributed by atoms with Crippen LogP contribution in [-0.4, -0.2) is 5.16 Å². The van der Waals surface area contributed by atoms with Gasteiger partial charge in [-0.15, -0.1) is 11.6 Å². The fourth-order valence-corrected chi connectivity index (χ4v) is 1.41. The second-order valence-electron chi connectivity index (χ2n) is 2.94. The molecule has 2 nitrogen and oxygen atoms in total. The normalized spacial score (nSPS) is 10.6. The zero-order valence-electron chi connectivity index (χ0n) is 7.51. The van der Waals surface area contributed by atoms with Crippen molar-refractivity contribution in [2.75, 3.05) is 0 Å². The van der Waals surface area contributed by atoms with Crippen molar-refractivity contribution < 1.29 is 8.91 Å². The van der Waals surface area contributed by atoms with Gasteiger partial charge >= 0.3 is 0 Å². The Hall–Kier alpha value is -1.06. The first-order valence-corrected chi connectivity index (χ1v) is 5.09. The Bertz CT molecular complexity index is 484. The van der Waals surface area contributed by atoms with Crippen molar-refractivity contribution in [2.45, 2.75) is 5.88 Å². The molecule has 1 aromatic carbocycles. The van der Waals surface area contributed by atoms with Gasteiger partial charge in [-0.2, -0.15) is 0 Å². The molecule has 0 radical (unpaired) electrons. The molecule has 0 spiro atoms. The molecule has 0 aliphatic rings. The van der Waals surface area contributed by atoms with Gasteiger partial charge in [-0.1, -0.05) is 22.8 Å². The highest BCUT2D eigenvalue weighted by atomic mass is 35.5. The van der Waals surface area contributed by atoms with Crippen LogP contribution >= 0.6 is 23.2 Å². The van der Waals surface area contributed by atoms with Crippen molar-refractivity contribution in [3.8, 4) is 11.3 Å². The number of rotatable bonds is 2. The van der Waals surface area contributed by atoms with Gasteiger partial charge in [0.1, 0.15) is 11.5 Å². The predicted molar refractivity (Wildman–Crippen MR) is 56.5 cm³/mol. The van der Waals surface area contributed by atoms with Crippen molar-refractivity contribution in [1.29, 1.82) is 0 Å². The summed E-state index contributed by atoms with van der Waals surface area (Å²) in [5.41, 5.74) is 1.15. The molecule has 0 bridgehead atoms. The third kappa shape index (κ3) is 2.13. The van der Waals surface area contributed by atoms with Crippen molar-refractivity contribution in [2.24, 2.45) is 0 Å². The van der Waals surface area contributed by atoms with Crippen LogP contribution in [0.4, 0.5) is 4.39 Å². The van der Waals surface area contributed by atoms with Crippen molar-refractivity contribution in [1.82, 2.24) is 5.16 Å². The molecule has 2 aromatic rings. The van der Waals surface area contributed by atoms with Gasteiger partial charge in [0.15, 0.2) is 5.76 Å². The highest BCUT2D eigenvalue weighted by Gasteiger charge is 2.08. The molecule has 2 rings (SSSR count). The summed E-state index contributed by atoms with van der Waals surface area (Å²) in [6, 6.07) is 6.11. The number of benzene rings is 1. The first-order chi connectivity index (χ1) is 7.20. The van der Waals surface area contributed by atoms with Crippen LogP contribution in [0, 0.1) is 5.82 Å². The van der Waals surface area contributed by atoms with Gasteiger partial charge in [-0.25, -0.2) is 4.39 Å². The Morgan fingerprint density at radius 3 is 2.73 bits per heavy atom. The Morgan fingerprint density at radius 2 is 2.13 bits per heavy atom. The molecule has 0 amide bonds.